The number of rotatable bonds is 3. The fourth-order valence-corrected chi connectivity index (χ4v) is 2.29. The monoisotopic (exact) mass is 208 g/mol. The zero-order chi connectivity index (χ0) is 9.97. The highest BCUT2D eigenvalue weighted by Crippen LogP contribution is 2.32. The highest BCUT2D eigenvalue weighted by Gasteiger charge is 2.20. The van der Waals surface area contributed by atoms with Crippen molar-refractivity contribution < 1.29 is 9.53 Å². The highest BCUT2D eigenvalue weighted by atomic mass is 32.2. The first kappa shape index (κ1) is 9.59. The Labute approximate surface area is 87.6 Å². The third-order valence-corrected chi connectivity index (χ3v) is 3.07. The number of hydrogen-bond donors (Lipinski definition) is 0. The molecular formula is C11H12O2S. The summed E-state index contributed by atoms with van der Waals surface area (Å²) in [7, 11) is 0. The van der Waals surface area contributed by atoms with Crippen LogP contribution in [0.1, 0.15) is 29.3 Å². The number of hydrogen-bond acceptors (Lipinski definition) is 3. The van der Waals surface area contributed by atoms with Crippen molar-refractivity contribution in [1.29, 1.82) is 0 Å². The predicted molar refractivity (Wildman–Crippen MR) is 57.9 cm³/mol. The Hall–Kier alpha value is -0.960. The van der Waals surface area contributed by atoms with E-state index in [1.807, 2.05) is 18.2 Å². The smallest absolute Gasteiger partial charge is 0.220 e. The van der Waals surface area contributed by atoms with E-state index in [9.17, 15) is 4.79 Å². The van der Waals surface area contributed by atoms with E-state index in [0.29, 0.717) is 6.61 Å². The van der Waals surface area contributed by atoms with Gasteiger partial charge in [-0.1, -0.05) is 24.8 Å². The van der Waals surface area contributed by atoms with Gasteiger partial charge in [-0.2, -0.15) is 0 Å². The molecule has 0 saturated carbocycles. The lowest BCUT2D eigenvalue weighted by molar-refractivity contribution is 0.109. The van der Waals surface area contributed by atoms with E-state index in [0.717, 1.165) is 29.1 Å². The number of thioether (sulfide) groups is 1. The molecule has 0 N–H and O–H groups in total. The maximum atomic E-state index is 11.4. The number of fused-ring (bicyclic) bond motifs is 1. The van der Waals surface area contributed by atoms with E-state index in [2.05, 4.69) is 6.92 Å². The summed E-state index contributed by atoms with van der Waals surface area (Å²) in [5, 5.41) is 0.168. The second-order valence-electron chi connectivity index (χ2n) is 3.24. The fraction of sp³-hybridized carbons (Fsp3) is 0.364. The van der Waals surface area contributed by atoms with E-state index >= 15 is 0 Å². The number of benzene rings is 1. The lowest BCUT2D eigenvalue weighted by Crippen LogP contribution is -1.97. The summed E-state index contributed by atoms with van der Waals surface area (Å²) >= 11 is 1.36. The van der Waals surface area contributed by atoms with Crippen LogP contribution < -0.4 is 4.74 Å². The van der Waals surface area contributed by atoms with Crippen LogP contribution >= 0.6 is 11.8 Å². The Morgan fingerprint density at radius 3 is 3.14 bits per heavy atom. The van der Waals surface area contributed by atoms with E-state index in [4.69, 9.17) is 4.74 Å². The molecule has 0 fully saturated rings. The predicted octanol–water partition coefficient (Wildman–Crippen LogP) is 2.86. The molecule has 0 amide bonds. The summed E-state index contributed by atoms with van der Waals surface area (Å²) < 4.78 is 5.47. The molecule has 0 atom stereocenters. The standard InChI is InChI=1S/C11H12O2S/c1-2-5-13-9-4-3-8-7-14-11(12)10(8)6-9/h3-4,6H,2,5,7H2,1H3. The number of ether oxygens (including phenoxy) is 1. The van der Waals surface area contributed by atoms with Gasteiger partial charge in [0.15, 0.2) is 0 Å². The largest absolute Gasteiger partial charge is 0.494 e. The molecule has 0 unspecified atom stereocenters. The first-order valence-electron chi connectivity index (χ1n) is 4.74. The summed E-state index contributed by atoms with van der Waals surface area (Å²) in [4.78, 5) is 11.4. The van der Waals surface area contributed by atoms with E-state index < -0.39 is 0 Å². The van der Waals surface area contributed by atoms with Crippen LogP contribution in [0.15, 0.2) is 18.2 Å². The molecular weight excluding hydrogens is 196 g/mol. The molecule has 3 heteroatoms. The molecule has 0 radical (unpaired) electrons. The third-order valence-electron chi connectivity index (χ3n) is 2.13. The second kappa shape index (κ2) is 4.05. The van der Waals surface area contributed by atoms with Gasteiger partial charge < -0.3 is 4.74 Å². The van der Waals surface area contributed by atoms with Crippen LogP contribution in [0.4, 0.5) is 0 Å². The van der Waals surface area contributed by atoms with Crippen molar-refractivity contribution in [3.8, 4) is 5.75 Å². The molecule has 1 aromatic carbocycles. The summed E-state index contributed by atoms with van der Waals surface area (Å²) in [6.07, 6.45) is 0.986. The number of carbonyl (C=O) groups is 1. The normalized spacial score (nSPS) is 14.2. The van der Waals surface area contributed by atoms with E-state index in [1.54, 1.807) is 0 Å². The average molecular weight is 208 g/mol. The van der Waals surface area contributed by atoms with Gasteiger partial charge in [-0.3, -0.25) is 4.79 Å². The Morgan fingerprint density at radius 1 is 1.50 bits per heavy atom. The summed E-state index contributed by atoms with van der Waals surface area (Å²) in [5.74, 6) is 1.61. The molecule has 0 saturated heterocycles. The van der Waals surface area contributed by atoms with Crippen molar-refractivity contribution in [2.24, 2.45) is 0 Å². The van der Waals surface area contributed by atoms with Crippen LogP contribution in [0.2, 0.25) is 0 Å². The van der Waals surface area contributed by atoms with Crippen molar-refractivity contribution in [2.45, 2.75) is 19.1 Å². The molecule has 0 aromatic heterocycles. The minimum atomic E-state index is 0.168. The Morgan fingerprint density at radius 2 is 2.36 bits per heavy atom. The van der Waals surface area contributed by atoms with Gasteiger partial charge in [0, 0.05) is 11.3 Å². The van der Waals surface area contributed by atoms with Crippen LogP contribution in [-0.4, -0.2) is 11.7 Å². The molecule has 1 aliphatic heterocycles. The molecule has 0 aliphatic carbocycles. The van der Waals surface area contributed by atoms with Crippen molar-refractivity contribution in [1.82, 2.24) is 0 Å². The fourth-order valence-electron chi connectivity index (χ4n) is 1.40. The summed E-state index contributed by atoms with van der Waals surface area (Å²) in [6.45, 7) is 2.77. The average Bonchev–Trinajstić information content (AvgIpc) is 2.57. The zero-order valence-electron chi connectivity index (χ0n) is 8.08. The molecule has 2 rings (SSSR count). The van der Waals surface area contributed by atoms with Crippen LogP contribution in [0, 0.1) is 0 Å². The topological polar surface area (TPSA) is 26.3 Å². The minimum absolute atomic E-state index is 0.168. The first-order valence-corrected chi connectivity index (χ1v) is 5.72. The van der Waals surface area contributed by atoms with Crippen molar-refractivity contribution >= 4 is 16.9 Å². The van der Waals surface area contributed by atoms with E-state index in [-0.39, 0.29) is 5.12 Å². The quantitative estimate of drug-likeness (QED) is 0.764. The molecule has 1 aromatic rings. The molecule has 1 heterocycles. The van der Waals surface area contributed by atoms with Crippen LogP contribution in [0.5, 0.6) is 5.75 Å². The lowest BCUT2D eigenvalue weighted by Gasteiger charge is -2.05. The van der Waals surface area contributed by atoms with Gasteiger partial charge in [0.1, 0.15) is 5.75 Å². The lowest BCUT2D eigenvalue weighted by atomic mass is 10.1. The summed E-state index contributed by atoms with van der Waals surface area (Å²) in [6, 6.07) is 5.78. The van der Waals surface area contributed by atoms with Crippen molar-refractivity contribution in [3.05, 3.63) is 29.3 Å². The van der Waals surface area contributed by atoms with Gasteiger partial charge in [-0.25, -0.2) is 0 Å². The van der Waals surface area contributed by atoms with Crippen LogP contribution in [-0.2, 0) is 5.75 Å². The molecule has 1 aliphatic rings. The Kier molecular flexibility index (Phi) is 2.77. The van der Waals surface area contributed by atoms with Crippen LogP contribution in [0.25, 0.3) is 0 Å². The van der Waals surface area contributed by atoms with Crippen molar-refractivity contribution in [3.63, 3.8) is 0 Å². The molecule has 74 valence electrons. The molecule has 14 heavy (non-hydrogen) atoms. The maximum Gasteiger partial charge on any atom is 0.220 e. The van der Waals surface area contributed by atoms with Gasteiger partial charge >= 0.3 is 0 Å². The zero-order valence-corrected chi connectivity index (χ0v) is 8.89. The van der Waals surface area contributed by atoms with Crippen LogP contribution in [0.3, 0.4) is 0 Å². The molecule has 0 bridgehead atoms. The van der Waals surface area contributed by atoms with Crippen molar-refractivity contribution in [2.75, 3.05) is 6.61 Å². The third kappa shape index (κ3) is 1.77. The van der Waals surface area contributed by atoms with E-state index in [1.165, 1.54) is 11.8 Å². The molecule has 2 nitrogen and oxygen atoms in total. The van der Waals surface area contributed by atoms with Gasteiger partial charge in [-0.05, 0) is 24.1 Å². The Bertz CT molecular complexity index is 360. The first-order chi connectivity index (χ1) is 6.81. The van der Waals surface area contributed by atoms with Gasteiger partial charge in [0.2, 0.25) is 5.12 Å². The minimum Gasteiger partial charge on any atom is -0.494 e. The van der Waals surface area contributed by atoms with Gasteiger partial charge in [0.25, 0.3) is 0 Å². The Balaban J connectivity index is 2.21. The van der Waals surface area contributed by atoms with Gasteiger partial charge in [-0.15, -0.1) is 0 Å². The highest BCUT2D eigenvalue weighted by molar-refractivity contribution is 8.13. The van der Waals surface area contributed by atoms with Gasteiger partial charge in [0.05, 0.1) is 6.61 Å². The maximum absolute atomic E-state index is 11.4. The summed E-state index contributed by atoms with van der Waals surface area (Å²) in [5.41, 5.74) is 1.95. The SMILES string of the molecule is CCCOc1ccc2c(c1)C(=O)SC2. The molecule has 0 spiro atoms. The number of carbonyl (C=O) groups excluding carboxylic acids is 1. The second-order valence-corrected chi connectivity index (χ2v) is 4.19.